The van der Waals surface area contributed by atoms with Crippen LogP contribution in [0.25, 0.3) is 11.3 Å². The number of anilines is 2. The van der Waals surface area contributed by atoms with Crippen molar-refractivity contribution in [2.24, 2.45) is 0 Å². The number of nitriles is 2. The minimum absolute atomic E-state index is 0.0574. The highest BCUT2D eigenvalue weighted by Gasteiger charge is 2.52. The molecule has 3 aliphatic rings. The Kier molecular flexibility index (Phi) is 14.1. The van der Waals surface area contributed by atoms with Gasteiger partial charge < -0.3 is 9.31 Å². The van der Waals surface area contributed by atoms with E-state index in [1.807, 2.05) is 58.0 Å². The van der Waals surface area contributed by atoms with Crippen molar-refractivity contribution >= 4 is 55.6 Å². The first-order chi connectivity index (χ1) is 32.7. The molecule has 2 aromatic heterocycles. The number of fused-ring (bicyclic) bond motifs is 2. The lowest BCUT2D eigenvalue weighted by Crippen LogP contribution is -2.41. The van der Waals surface area contributed by atoms with Crippen molar-refractivity contribution in [2.75, 3.05) is 21.7 Å². The van der Waals surface area contributed by atoms with Crippen LogP contribution >= 0.6 is 11.6 Å². The molecule has 3 aliphatic heterocycles. The highest BCUT2D eigenvalue weighted by atomic mass is 35.5. The predicted molar refractivity (Wildman–Crippen MR) is 245 cm³/mol. The van der Waals surface area contributed by atoms with E-state index < -0.39 is 62.1 Å². The first kappa shape index (κ1) is 51.2. The van der Waals surface area contributed by atoms with Gasteiger partial charge in [0.15, 0.2) is 16.5 Å². The van der Waals surface area contributed by atoms with Gasteiger partial charge >= 0.3 is 19.5 Å². The molecule has 0 spiro atoms. The average molecular weight is 1020 g/mol. The van der Waals surface area contributed by atoms with Gasteiger partial charge in [-0.25, -0.2) is 16.8 Å². The molecule has 0 saturated carbocycles. The number of nitrogens with zero attached hydrogens (tertiary/aromatic N) is 8. The summed E-state index contributed by atoms with van der Waals surface area (Å²) in [7, 11) is -7.97. The molecule has 0 N–H and O–H groups in total. The molecule has 5 heterocycles. The van der Waals surface area contributed by atoms with Crippen molar-refractivity contribution in [3.05, 3.63) is 148 Å². The summed E-state index contributed by atoms with van der Waals surface area (Å²) in [6.45, 7) is 8.64. The Morgan fingerprint density at radius 3 is 1.46 bits per heavy atom. The van der Waals surface area contributed by atoms with Gasteiger partial charge in [-0.05, 0) is 148 Å². The molecule has 70 heavy (non-hydrogen) atoms. The van der Waals surface area contributed by atoms with E-state index in [0.717, 1.165) is 34.8 Å². The fourth-order valence-electron chi connectivity index (χ4n) is 7.31. The molecule has 14 nitrogen and oxygen atoms in total. The summed E-state index contributed by atoms with van der Waals surface area (Å²) in [5.41, 5.74) is 2.39. The molecule has 0 aliphatic carbocycles. The molecule has 4 aromatic carbocycles. The molecule has 9 rings (SSSR count). The van der Waals surface area contributed by atoms with Crippen molar-refractivity contribution in [3.63, 3.8) is 0 Å². The normalized spacial score (nSPS) is 15.9. The lowest BCUT2D eigenvalue weighted by molar-refractivity contribution is -0.142. The van der Waals surface area contributed by atoms with E-state index in [-0.39, 0.29) is 27.2 Å². The highest BCUT2D eigenvalue weighted by Crippen LogP contribution is 2.39. The van der Waals surface area contributed by atoms with Crippen LogP contribution < -0.4 is 14.1 Å². The number of hydrogen-bond acceptors (Lipinski definition) is 12. The number of rotatable bonds is 6. The Labute approximate surface area is 404 Å². The quantitative estimate of drug-likeness (QED) is 0.114. The zero-order valence-corrected chi connectivity index (χ0v) is 39.7. The van der Waals surface area contributed by atoms with E-state index in [9.17, 15) is 43.2 Å². The minimum Gasteiger partial charge on any atom is -0.399 e. The standard InChI is InChI=1S/C21H23BN2O4S.C20H13F3N4O2S.C5H2ClF3N2/c1-20(2)21(3,4)28-22(27-20)17-7-10-19-16(13-17)11-12-24(19)29(25,26)18-8-5-15(14-23)6-9-18;21-20(22,23)19-8-6-17(25-26-19)14-3-7-18-15(11-14)9-10-27(18)30(28,29)16-4-1-13(12-24)2-5-16;6-4-2-1-3(10-11-4)5(7,8)9/h5-10,13H,11-12H2,1-4H3;1-8,11H,9-10H2;1-2H. The first-order valence-electron chi connectivity index (χ1n) is 20.9. The molecule has 24 heteroatoms. The number of benzene rings is 4. The summed E-state index contributed by atoms with van der Waals surface area (Å²) in [5, 5.41) is 30.5. The maximum atomic E-state index is 13.1. The molecule has 6 aromatic rings. The van der Waals surface area contributed by atoms with E-state index in [1.54, 1.807) is 18.2 Å². The van der Waals surface area contributed by atoms with Gasteiger partial charge in [0, 0.05) is 18.7 Å². The third kappa shape index (κ3) is 10.7. The van der Waals surface area contributed by atoms with Crippen molar-refractivity contribution in [1.82, 2.24) is 20.4 Å². The number of halogens is 7. The third-order valence-corrected chi connectivity index (χ3v) is 15.6. The van der Waals surface area contributed by atoms with Gasteiger partial charge in [0.1, 0.15) is 0 Å². The van der Waals surface area contributed by atoms with Gasteiger partial charge in [0.2, 0.25) is 0 Å². The van der Waals surface area contributed by atoms with Crippen molar-refractivity contribution in [1.29, 1.82) is 10.5 Å². The Morgan fingerprint density at radius 1 is 0.600 bits per heavy atom. The number of sulfonamides is 2. The van der Waals surface area contributed by atoms with Crippen molar-refractivity contribution < 1.29 is 52.5 Å². The lowest BCUT2D eigenvalue weighted by Gasteiger charge is -2.32. The molecule has 1 saturated heterocycles. The van der Waals surface area contributed by atoms with Crippen molar-refractivity contribution in [2.45, 2.75) is 73.9 Å². The van der Waals surface area contributed by atoms with Crippen LogP contribution in [-0.2, 0) is 54.5 Å². The molecular weight excluding hydrogens is 985 g/mol. The van der Waals surface area contributed by atoms with E-state index in [2.05, 4.69) is 20.4 Å². The SMILES string of the molecule is CC1(C)OB(c2ccc3c(c2)CCN3S(=O)(=O)c2ccc(C#N)cc2)OC1(C)C.FC(F)(F)c1ccc(Cl)nn1.N#Cc1ccc(S(=O)(=O)N2CCc3cc(-c4ccc(C(F)(F)F)nn4)ccc32)cc1. The zero-order chi connectivity index (χ0) is 51.0. The van der Waals surface area contributed by atoms with Gasteiger partial charge in [-0.1, -0.05) is 29.8 Å². The van der Waals surface area contributed by atoms with Gasteiger partial charge in [-0.15, -0.1) is 20.4 Å². The topological polar surface area (TPSA) is 192 Å². The van der Waals surface area contributed by atoms with Gasteiger partial charge in [-0.2, -0.15) is 36.9 Å². The van der Waals surface area contributed by atoms with Crippen LogP contribution in [0.2, 0.25) is 5.15 Å². The van der Waals surface area contributed by atoms with Crippen LogP contribution in [-0.4, -0.2) is 68.6 Å². The largest absolute Gasteiger partial charge is 0.494 e. The van der Waals surface area contributed by atoms with E-state index in [0.29, 0.717) is 47.5 Å². The molecule has 0 bridgehead atoms. The molecular formula is C46H38BClF6N8O6S2. The fourth-order valence-corrected chi connectivity index (χ4v) is 10.4. The number of alkyl halides is 6. The van der Waals surface area contributed by atoms with Crippen LogP contribution in [0.15, 0.2) is 119 Å². The van der Waals surface area contributed by atoms with Gasteiger partial charge in [0.25, 0.3) is 20.0 Å². The average Bonchev–Trinajstić information content (AvgIpc) is 4.02. The van der Waals surface area contributed by atoms with Crippen LogP contribution in [0.3, 0.4) is 0 Å². The van der Waals surface area contributed by atoms with Crippen LogP contribution in [0, 0.1) is 22.7 Å². The van der Waals surface area contributed by atoms with Gasteiger partial charge in [-0.3, -0.25) is 8.61 Å². The molecule has 0 atom stereocenters. The van der Waals surface area contributed by atoms with E-state index >= 15 is 0 Å². The van der Waals surface area contributed by atoms with Crippen LogP contribution in [0.4, 0.5) is 37.7 Å². The molecule has 362 valence electrons. The first-order valence-corrected chi connectivity index (χ1v) is 24.2. The third-order valence-electron chi connectivity index (χ3n) is 11.7. The molecule has 1 fully saturated rings. The molecule has 0 radical (unpaired) electrons. The Morgan fingerprint density at radius 2 is 1.04 bits per heavy atom. The Balaban J connectivity index is 0.000000170. The fraction of sp³-hybridized carbons (Fsp3) is 0.261. The molecule has 0 amide bonds. The number of aromatic nitrogens is 4. The maximum absolute atomic E-state index is 13.1. The predicted octanol–water partition coefficient (Wildman–Crippen LogP) is 8.54. The number of hydrogen-bond donors (Lipinski definition) is 0. The second-order valence-electron chi connectivity index (χ2n) is 16.8. The Hall–Kier alpha value is -6.63. The summed E-state index contributed by atoms with van der Waals surface area (Å²) in [6, 6.07) is 30.1. The Bertz CT molecular complexity index is 3210. The van der Waals surface area contributed by atoms with E-state index in [1.165, 1.54) is 63.2 Å². The van der Waals surface area contributed by atoms with Crippen molar-refractivity contribution in [3.8, 4) is 23.4 Å². The smallest absolute Gasteiger partial charge is 0.399 e. The zero-order valence-electron chi connectivity index (χ0n) is 37.3. The summed E-state index contributed by atoms with van der Waals surface area (Å²) in [5.74, 6) is 0. The monoisotopic (exact) mass is 1020 g/mol. The summed E-state index contributed by atoms with van der Waals surface area (Å²) in [6.07, 6.45) is -7.94. The summed E-state index contributed by atoms with van der Waals surface area (Å²) < 4.78 is 140. The summed E-state index contributed by atoms with van der Waals surface area (Å²) >= 11 is 5.22. The minimum atomic E-state index is -4.57. The van der Waals surface area contributed by atoms with Crippen LogP contribution in [0.1, 0.15) is 61.3 Å². The second-order valence-corrected chi connectivity index (χ2v) is 20.9. The van der Waals surface area contributed by atoms with Crippen LogP contribution in [0.5, 0.6) is 0 Å². The highest BCUT2D eigenvalue weighted by molar-refractivity contribution is 7.93. The van der Waals surface area contributed by atoms with Gasteiger partial charge in [0.05, 0.1) is 61.3 Å². The summed E-state index contributed by atoms with van der Waals surface area (Å²) in [4.78, 5) is 0.256. The van der Waals surface area contributed by atoms with E-state index in [4.69, 9.17) is 31.4 Å². The second kappa shape index (κ2) is 19.3. The maximum Gasteiger partial charge on any atom is 0.494 e. The lowest BCUT2D eigenvalue weighted by atomic mass is 9.78. The molecule has 0 unspecified atom stereocenters.